The fourth-order valence-electron chi connectivity index (χ4n) is 2.27. The lowest BCUT2D eigenvalue weighted by Crippen LogP contribution is -2.00. The summed E-state index contributed by atoms with van der Waals surface area (Å²) >= 11 is 0. The van der Waals surface area contributed by atoms with E-state index in [9.17, 15) is 8.42 Å². The molecule has 2 aromatic heterocycles. The monoisotopic (exact) mass is 343 g/mol. The van der Waals surface area contributed by atoms with Gasteiger partial charge in [0, 0.05) is 17.5 Å². The van der Waals surface area contributed by atoms with Gasteiger partial charge in [0.05, 0.1) is 23.0 Å². The normalized spacial score (nSPS) is 11.4. The van der Waals surface area contributed by atoms with Crippen LogP contribution in [0.1, 0.15) is 11.3 Å². The zero-order chi connectivity index (χ0) is 17.2. The van der Waals surface area contributed by atoms with Crippen LogP contribution in [0.2, 0.25) is 0 Å². The number of aromatic amines is 1. The Morgan fingerprint density at radius 1 is 1.17 bits per heavy atom. The van der Waals surface area contributed by atoms with Crippen LogP contribution in [-0.2, 0) is 16.4 Å². The van der Waals surface area contributed by atoms with Crippen LogP contribution in [-0.4, -0.2) is 29.9 Å². The second kappa shape index (κ2) is 6.45. The number of hydrogen-bond acceptors (Lipinski definition) is 5. The number of sulfone groups is 1. The van der Waals surface area contributed by atoms with E-state index in [0.717, 1.165) is 22.5 Å². The quantitative estimate of drug-likeness (QED) is 0.770. The second-order valence-corrected chi connectivity index (χ2v) is 7.51. The molecule has 0 radical (unpaired) electrons. The molecule has 1 N–H and O–H groups in total. The summed E-state index contributed by atoms with van der Waals surface area (Å²) in [5.41, 5.74) is 3.50. The number of ether oxygens (including phenoxy) is 1. The lowest BCUT2D eigenvalue weighted by molar-refractivity contribution is 0.305. The van der Waals surface area contributed by atoms with Crippen LogP contribution in [0.25, 0.3) is 11.3 Å². The lowest BCUT2D eigenvalue weighted by atomic mass is 10.2. The molecule has 0 amide bonds. The van der Waals surface area contributed by atoms with Crippen LogP contribution < -0.4 is 4.74 Å². The molecule has 2 heterocycles. The maximum Gasteiger partial charge on any atom is 0.175 e. The number of rotatable bonds is 5. The molecule has 0 bridgehead atoms. The average molecular weight is 343 g/mol. The van der Waals surface area contributed by atoms with Gasteiger partial charge >= 0.3 is 0 Å². The number of hydrogen-bond donors (Lipinski definition) is 1. The van der Waals surface area contributed by atoms with Crippen LogP contribution in [0, 0.1) is 6.92 Å². The third kappa shape index (κ3) is 3.62. The minimum absolute atomic E-state index is 0.273. The standard InChI is InChI=1S/C17H17N3O3S/c1-12-16(10-19-20-12)17-7-6-14(9-18-17)23-11-13-4-3-5-15(8-13)24(2,21)22/h3-10H,11H2,1-2H3,(H,19,20). The van der Waals surface area contributed by atoms with E-state index in [-0.39, 0.29) is 11.5 Å². The molecule has 3 rings (SSSR count). The first-order valence-electron chi connectivity index (χ1n) is 7.32. The number of benzene rings is 1. The Morgan fingerprint density at radius 3 is 2.62 bits per heavy atom. The van der Waals surface area contributed by atoms with E-state index in [4.69, 9.17) is 4.74 Å². The summed E-state index contributed by atoms with van der Waals surface area (Å²) in [4.78, 5) is 4.65. The highest BCUT2D eigenvalue weighted by molar-refractivity contribution is 7.90. The summed E-state index contributed by atoms with van der Waals surface area (Å²) < 4.78 is 28.8. The summed E-state index contributed by atoms with van der Waals surface area (Å²) in [5, 5.41) is 6.85. The van der Waals surface area contributed by atoms with Crippen LogP contribution in [0.5, 0.6) is 5.75 Å². The van der Waals surface area contributed by atoms with Gasteiger partial charge in [0.15, 0.2) is 9.84 Å². The van der Waals surface area contributed by atoms with Gasteiger partial charge in [-0.2, -0.15) is 5.10 Å². The molecule has 0 unspecified atom stereocenters. The number of nitrogens with zero attached hydrogens (tertiary/aromatic N) is 2. The molecule has 0 atom stereocenters. The van der Waals surface area contributed by atoms with Crippen LogP contribution in [0.3, 0.4) is 0 Å². The van der Waals surface area contributed by atoms with Gasteiger partial charge < -0.3 is 4.74 Å². The first-order chi connectivity index (χ1) is 11.4. The van der Waals surface area contributed by atoms with Gasteiger partial charge in [-0.3, -0.25) is 10.1 Å². The van der Waals surface area contributed by atoms with Crippen molar-refractivity contribution in [3.8, 4) is 17.0 Å². The van der Waals surface area contributed by atoms with Crippen molar-refractivity contribution in [1.82, 2.24) is 15.2 Å². The molecular weight excluding hydrogens is 326 g/mol. The van der Waals surface area contributed by atoms with Crippen LogP contribution in [0.15, 0.2) is 53.7 Å². The molecular formula is C17H17N3O3S. The predicted octanol–water partition coefficient (Wildman–Crippen LogP) is 2.76. The molecule has 0 saturated heterocycles. The Labute approximate surface area is 140 Å². The Hall–Kier alpha value is -2.67. The van der Waals surface area contributed by atoms with Crippen molar-refractivity contribution >= 4 is 9.84 Å². The lowest BCUT2D eigenvalue weighted by Gasteiger charge is -2.08. The molecule has 0 saturated carbocycles. The van der Waals surface area contributed by atoms with E-state index in [1.165, 1.54) is 6.26 Å². The Balaban J connectivity index is 1.70. The molecule has 24 heavy (non-hydrogen) atoms. The highest BCUT2D eigenvalue weighted by atomic mass is 32.2. The molecule has 0 spiro atoms. The average Bonchev–Trinajstić information content (AvgIpc) is 2.99. The number of aryl methyl sites for hydroxylation is 1. The van der Waals surface area contributed by atoms with Crippen molar-refractivity contribution in [2.24, 2.45) is 0 Å². The maximum absolute atomic E-state index is 11.6. The molecule has 0 fully saturated rings. The smallest absolute Gasteiger partial charge is 0.175 e. The van der Waals surface area contributed by atoms with E-state index in [1.807, 2.05) is 25.1 Å². The summed E-state index contributed by atoms with van der Waals surface area (Å²) in [5.74, 6) is 0.615. The van der Waals surface area contributed by atoms with Gasteiger partial charge in [0.2, 0.25) is 0 Å². The van der Waals surface area contributed by atoms with E-state index >= 15 is 0 Å². The van der Waals surface area contributed by atoms with E-state index in [0.29, 0.717) is 5.75 Å². The fourth-order valence-corrected chi connectivity index (χ4v) is 2.96. The SMILES string of the molecule is Cc1[nH]ncc1-c1ccc(OCc2cccc(S(C)(=O)=O)c2)cn1. The zero-order valence-electron chi connectivity index (χ0n) is 13.4. The third-order valence-corrected chi connectivity index (χ3v) is 4.68. The van der Waals surface area contributed by atoms with Crippen molar-refractivity contribution in [2.45, 2.75) is 18.4 Å². The van der Waals surface area contributed by atoms with Gasteiger partial charge in [0.25, 0.3) is 0 Å². The van der Waals surface area contributed by atoms with Gasteiger partial charge in [-0.05, 0) is 36.8 Å². The minimum atomic E-state index is -3.22. The van der Waals surface area contributed by atoms with Crippen molar-refractivity contribution < 1.29 is 13.2 Å². The molecule has 1 aromatic carbocycles. The molecule has 6 nitrogen and oxygen atoms in total. The van der Waals surface area contributed by atoms with Crippen molar-refractivity contribution in [3.05, 3.63) is 60.0 Å². The second-order valence-electron chi connectivity index (χ2n) is 5.50. The number of aromatic nitrogens is 3. The van der Waals surface area contributed by atoms with Gasteiger partial charge in [-0.15, -0.1) is 0 Å². The van der Waals surface area contributed by atoms with E-state index in [2.05, 4.69) is 15.2 Å². The largest absolute Gasteiger partial charge is 0.487 e. The summed E-state index contributed by atoms with van der Waals surface area (Å²) in [6.07, 6.45) is 4.56. The summed E-state index contributed by atoms with van der Waals surface area (Å²) in [6, 6.07) is 10.4. The highest BCUT2D eigenvalue weighted by Gasteiger charge is 2.08. The van der Waals surface area contributed by atoms with Crippen LogP contribution in [0.4, 0.5) is 0 Å². The molecule has 7 heteroatoms. The fraction of sp³-hybridized carbons (Fsp3) is 0.176. The topological polar surface area (TPSA) is 84.9 Å². The summed E-state index contributed by atoms with van der Waals surface area (Å²) in [7, 11) is -3.22. The molecule has 124 valence electrons. The van der Waals surface area contributed by atoms with Crippen molar-refractivity contribution in [2.75, 3.05) is 6.26 Å². The van der Waals surface area contributed by atoms with Crippen molar-refractivity contribution in [1.29, 1.82) is 0 Å². The minimum Gasteiger partial charge on any atom is -0.487 e. The summed E-state index contributed by atoms with van der Waals surface area (Å²) in [6.45, 7) is 2.21. The van der Waals surface area contributed by atoms with Gasteiger partial charge in [-0.25, -0.2) is 8.42 Å². The number of nitrogens with one attached hydrogen (secondary N) is 1. The molecule has 0 aliphatic heterocycles. The van der Waals surface area contributed by atoms with Crippen molar-refractivity contribution in [3.63, 3.8) is 0 Å². The van der Waals surface area contributed by atoms with Gasteiger partial charge in [0.1, 0.15) is 12.4 Å². The Kier molecular flexibility index (Phi) is 4.35. The number of pyridine rings is 1. The number of H-pyrrole nitrogens is 1. The van der Waals surface area contributed by atoms with E-state index < -0.39 is 9.84 Å². The molecule has 0 aliphatic rings. The highest BCUT2D eigenvalue weighted by Crippen LogP contribution is 2.22. The van der Waals surface area contributed by atoms with E-state index in [1.54, 1.807) is 30.6 Å². The molecule has 0 aliphatic carbocycles. The third-order valence-electron chi connectivity index (χ3n) is 3.57. The zero-order valence-corrected chi connectivity index (χ0v) is 14.2. The predicted molar refractivity (Wildman–Crippen MR) is 90.4 cm³/mol. The first kappa shape index (κ1) is 16.2. The Bertz CT molecular complexity index is 947. The first-order valence-corrected chi connectivity index (χ1v) is 9.21. The molecule has 3 aromatic rings. The maximum atomic E-state index is 11.6. The Morgan fingerprint density at radius 2 is 2.00 bits per heavy atom. The van der Waals surface area contributed by atoms with Gasteiger partial charge in [-0.1, -0.05) is 12.1 Å². The van der Waals surface area contributed by atoms with Crippen LogP contribution >= 0.6 is 0 Å².